The first kappa shape index (κ1) is 26.0. The maximum Gasteiger partial charge on any atom is 0.159 e. The molecule has 0 atom stereocenters. The fourth-order valence-electron chi connectivity index (χ4n) is 7.41. The highest BCUT2D eigenvalue weighted by Crippen LogP contribution is 2.51. The number of anilines is 3. The normalized spacial score (nSPS) is 11.8. The Morgan fingerprint density at radius 2 is 0.936 bits per heavy atom. The molecule has 0 aliphatic rings. The van der Waals surface area contributed by atoms with Crippen molar-refractivity contribution in [3.05, 3.63) is 164 Å². The summed E-state index contributed by atoms with van der Waals surface area (Å²) in [6, 6.07) is 57.5. The van der Waals surface area contributed by atoms with Crippen molar-refractivity contribution in [2.75, 3.05) is 4.90 Å². The predicted octanol–water partition coefficient (Wildman–Crippen LogP) is 12.9. The quantitative estimate of drug-likeness (QED) is 0.188. The third kappa shape index (κ3) is 3.81. The zero-order valence-corrected chi connectivity index (χ0v) is 25.4. The van der Waals surface area contributed by atoms with Crippen LogP contribution in [0.3, 0.4) is 0 Å². The minimum atomic E-state index is 0.848. The number of nitrogens with zero attached hydrogens (tertiary/aromatic N) is 1. The average Bonchev–Trinajstić information content (AvgIpc) is 3.73. The van der Waals surface area contributed by atoms with Gasteiger partial charge in [-0.15, -0.1) is 0 Å². The van der Waals surface area contributed by atoms with Crippen molar-refractivity contribution in [3.8, 4) is 11.1 Å². The monoisotopic (exact) mass is 601 g/mol. The highest BCUT2D eigenvalue weighted by Gasteiger charge is 2.26. The van der Waals surface area contributed by atoms with Crippen LogP contribution in [0.25, 0.3) is 76.5 Å². The molecule has 0 saturated heterocycles. The standard InChI is InChI=1S/C44H27NO2/c1-3-14-28(15-4-1)30-26-27-37(41-40-34-21-9-7-18-31(34)32-19-8-10-22-35(32)44(40)47-43(30)41)45(29-16-5-2-6-17-29)38-24-13-23-36-33-20-11-12-25-39(33)46-42(36)38/h1-27H. The van der Waals surface area contributed by atoms with E-state index in [1.807, 2.05) is 12.1 Å². The SMILES string of the molecule is c1ccc(-c2ccc(N(c3ccccc3)c3cccc4c3oc3ccccc34)c3c2oc2c4ccccc4c4ccccc4c23)cc1. The Bertz CT molecular complexity index is 2790. The van der Waals surface area contributed by atoms with Gasteiger partial charge in [-0.2, -0.15) is 0 Å². The Balaban J connectivity index is 1.41. The van der Waals surface area contributed by atoms with E-state index in [0.717, 1.165) is 77.5 Å². The van der Waals surface area contributed by atoms with E-state index in [9.17, 15) is 0 Å². The van der Waals surface area contributed by atoms with E-state index in [4.69, 9.17) is 8.83 Å². The van der Waals surface area contributed by atoms with Gasteiger partial charge in [0.1, 0.15) is 16.7 Å². The molecular weight excluding hydrogens is 574 g/mol. The molecule has 0 unspecified atom stereocenters. The summed E-state index contributed by atoms with van der Waals surface area (Å²) < 4.78 is 13.8. The maximum absolute atomic E-state index is 7.11. The number of hydrogen-bond donors (Lipinski definition) is 0. The zero-order chi connectivity index (χ0) is 30.9. The van der Waals surface area contributed by atoms with Crippen molar-refractivity contribution in [2.24, 2.45) is 0 Å². The molecule has 3 nitrogen and oxygen atoms in total. The smallest absolute Gasteiger partial charge is 0.159 e. The molecule has 0 fully saturated rings. The van der Waals surface area contributed by atoms with Crippen molar-refractivity contribution in [1.82, 2.24) is 0 Å². The number of para-hydroxylation sites is 3. The van der Waals surface area contributed by atoms with Crippen LogP contribution in [0.1, 0.15) is 0 Å². The summed E-state index contributed by atoms with van der Waals surface area (Å²) in [6.07, 6.45) is 0. The molecule has 0 saturated carbocycles. The van der Waals surface area contributed by atoms with E-state index >= 15 is 0 Å². The number of fused-ring (bicyclic) bond motifs is 11. The molecule has 0 aliphatic carbocycles. The van der Waals surface area contributed by atoms with Gasteiger partial charge >= 0.3 is 0 Å². The summed E-state index contributed by atoms with van der Waals surface area (Å²) in [5.74, 6) is 0. The van der Waals surface area contributed by atoms with E-state index in [0.29, 0.717) is 0 Å². The fraction of sp³-hybridized carbons (Fsp3) is 0. The Labute approximate surface area is 270 Å². The van der Waals surface area contributed by atoms with E-state index in [1.165, 1.54) is 16.2 Å². The number of rotatable bonds is 4. The first-order valence-corrected chi connectivity index (χ1v) is 15.9. The second kappa shape index (κ2) is 10.1. The van der Waals surface area contributed by atoms with Gasteiger partial charge in [0.05, 0.1) is 16.8 Å². The molecule has 220 valence electrons. The third-order valence-corrected chi connectivity index (χ3v) is 9.44. The van der Waals surface area contributed by atoms with Gasteiger partial charge in [-0.05, 0) is 58.1 Å². The van der Waals surface area contributed by atoms with Gasteiger partial charge in [0.15, 0.2) is 5.58 Å². The van der Waals surface area contributed by atoms with Crippen molar-refractivity contribution in [1.29, 1.82) is 0 Å². The molecule has 3 heteroatoms. The summed E-state index contributed by atoms with van der Waals surface area (Å²) in [6.45, 7) is 0. The van der Waals surface area contributed by atoms with E-state index < -0.39 is 0 Å². The zero-order valence-electron chi connectivity index (χ0n) is 25.4. The summed E-state index contributed by atoms with van der Waals surface area (Å²) in [5, 5.41) is 9.04. The van der Waals surface area contributed by atoms with Gasteiger partial charge in [0.2, 0.25) is 0 Å². The highest BCUT2D eigenvalue weighted by atomic mass is 16.3. The fourth-order valence-corrected chi connectivity index (χ4v) is 7.41. The summed E-state index contributed by atoms with van der Waals surface area (Å²) in [5.41, 5.74) is 8.69. The molecule has 8 aromatic carbocycles. The minimum Gasteiger partial charge on any atom is -0.455 e. The molecule has 0 radical (unpaired) electrons. The van der Waals surface area contributed by atoms with Crippen molar-refractivity contribution < 1.29 is 8.83 Å². The highest BCUT2D eigenvalue weighted by molar-refractivity contribution is 6.33. The lowest BCUT2D eigenvalue weighted by molar-refractivity contribution is 0.669. The Kier molecular flexibility index (Phi) is 5.57. The van der Waals surface area contributed by atoms with Crippen LogP contribution in [0.15, 0.2) is 173 Å². The summed E-state index contributed by atoms with van der Waals surface area (Å²) in [4.78, 5) is 2.33. The molecule has 0 amide bonds. The topological polar surface area (TPSA) is 29.5 Å². The third-order valence-electron chi connectivity index (χ3n) is 9.44. The molecule has 2 aromatic heterocycles. The maximum atomic E-state index is 7.11. The van der Waals surface area contributed by atoms with Crippen LogP contribution >= 0.6 is 0 Å². The lowest BCUT2D eigenvalue weighted by Crippen LogP contribution is -2.10. The van der Waals surface area contributed by atoms with Crippen LogP contribution in [0, 0.1) is 0 Å². The molecule has 0 aliphatic heterocycles. The molecule has 10 aromatic rings. The van der Waals surface area contributed by atoms with E-state index in [1.54, 1.807) is 0 Å². The second-order valence-electron chi connectivity index (χ2n) is 12.0. The number of hydrogen-bond acceptors (Lipinski definition) is 3. The molecule has 2 heterocycles. The minimum absolute atomic E-state index is 0.848. The van der Waals surface area contributed by atoms with Gasteiger partial charge in [-0.25, -0.2) is 0 Å². The lowest BCUT2D eigenvalue weighted by atomic mass is 9.94. The molecule has 47 heavy (non-hydrogen) atoms. The number of furan rings is 2. The summed E-state index contributed by atoms with van der Waals surface area (Å²) >= 11 is 0. The average molecular weight is 602 g/mol. The molecule has 0 spiro atoms. The first-order valence-electron chi connectivity index (χ1n) is 15.9. The van der Waals surface area contributed by atoms with Crippen molar-refractivity contribution in [2.45, 2.75) is 0 Å². The van der Waals surface area contributed by atoms with Crippen LogP contribution in [0.4, 0.5) is 17.1 Å². The summed E-state index contributed by atoms with van der Waals surface area (Å²) in [7, 11) is 0. The van der Waals surface area contributed by atoms with Crippen LogP contribution in [-0.4, -0.2) is 0 Å². The van der Waals surface area contributed by atoms with E-state index in [2.05, 4.69) is 157 Å². The van der Waals surface area contributed by atoms with Gasteiger partial charge in [-0.3, -0.25) is 0 Å². The van der Waals surface area contributed by atoms with Crippen LogP contribution in [-0.2, 0) is 0 Å². The van der Waals surface area contributed by atoms with Gasteiger partial charge in [-0.1, -0.05) is 127 Å². The Morgan fingerprint density at radius 3 is 1.72 bits per heavy atom. The van der Waals surface area contributed by atoms with Crippen molar-refractivity contribution in [3.63, 3.8) is 0 Å². The molecular formula is C44H27NO2. The van der Waals surface area contributed by atoms with Crippen LogP contribution in [0.2, 0.25) is 0 Å². The van der Waals surface area contributed by atoms with Crippen LogP contribution in [0.5, 0.6) is 0 Å². The molecule has 0 N–H and O–H groups in total. The van der Waals surface area contributed by atoms with Gasteiger partial charge in [0, 0.05) is 32.8 Å². The second-order valence-corrected chi connectivity index (χ2v) is 12.0. The Hall–Kier alpha value is -6.32. The van der Waals surface area contributed by atoms with Gasteiger partial charge < -0.3 is 13.7 Å². The molecule has 10 rings (SSSR count). The number of benzene rings is 8. The van der Waals surface area contributed by atoms with Crippen LogP contribution < -0.4 is 4.90 Å². The van der Waals surface area contributed by atoms with Gasteiger partial charge in [0.25, 0.3) is 0 Å². The van der Waals surface area contributed by atoms with Crippen molar-refractivity contribution >= 4 is 82.5 Å². The van der Waals surface area contributed by atoms with E-state index in [-0.39, 0.29) is 0 Å². The predicted molar refractivity (Wildman–Crippen MR) is 196 cm³/mol. The Morgan fingerprint density at radius 1 is 0.340 bits per heavy atom. The lowest BCUT2D eigenvalue weighted by Gasteiger charge is -2.26. The largest absolute Gasteiger partial charge is 0.455 e. The first-order chi connectivity index (χ1) is 23.3. The molecule has 0 bridgehead atoms.